The van der Waals surface area contributed by atoms with Crippen molar-refractivity contribution >= 4 is 5.97 Å². The Morgan fingerprint density at radius 2 is 1.88 bits per heavy atom. The Labute approximate surface area is 194 Å². The Morgan fingerprint density at radius 3 is 2.58 bits per heavy atom. The van der Waals surface area contributed by atoms with Gasteiger partial charge in [0.05, 0.1) is 13.5 Å². The number of carboxylic acids is 1. The molecule has 172 valence electrons. The molecular weight excluding hydrogens is 419 g/mol. The number of carboxylic acid groups (broad SMARTS) is 1. The molecule has 33 heavy (non-hydrogen) atoms. The van der Waals surface area contributed by atoms with Crippen LogP contribution >= 0.6 is 0 Å². The lowest BCUT2D eigenvalue weighted by atomic mass is 9.90. The Balaban J connectivity index is 1.47. The molecule has 0 unspecified atom stereocenters. The number of methoxy groups -OCH3 is 1. The van der Waals surface area contributed by atoms with Crippen molar-refractivity contribution in [3.8, 4) is 22.6 Å². The first-order valence-corrected chi connectivity index (χ1v) is 11.3. The molecule has 1 N–H and O–H groups in total. The summed E-state index contributed by atoms with van der Waals surface area (Å²) >= 11 is 0. The van der Waals surface area contributed by atoms with Crippen molar-refractivity contribution in [1.82, 2.24) is 0 Å². The summed E-state index contributed by atoms with van der Waals surface area (Å²) in [5, 5.41) is 9.32. The van der Waals surface area contributed by atoms with E-state index in [4.69, 9.17) is 9.47 Å². The highest BCUT2D eigenvalue weighted by Gasteiger charge is 2.27. The van der Waals surface area contributed by atoms with Gasteiger partial charge in [-0.2, -0.15) is 0 Å². The van der Waals surface area contributed by atoms with E-state index in [1.807, 2.05) is 49.4 Å². The number of carbonyl (C=O) groups is 1. The Bertz CT molecular complexity index is 1140. The second-order valence-corrected chi connectivity index (χ2v) is 8.83. The molecule has 0 heterocycles. The van der Waals surface area contributed by atoms with E-state index in [0.29, 0.717) is 23.8 Å². The number of aliphatic carboxylic acids is 1. The molecule has 0 radical (unpaired) electrons. The summed E-state index contributed by atoms with van der Waals surface area (Å²) in [6.07, 6.45) is 3.45. The highest BCUT2D eigenvalue weighted by Crippen LogP contribution is 2.40. The SMILES string of the molecule is COc1ccc(F)c(-c2ccc(COc3cccc([C@@H](CC(=O)O)CC4CC4)c3)cc2C)c1. The van der Waals surface area contributed by atoms with E-state index in [1.54, 1.807) is 19.2 Å². The van der Waals surface area contributed by atoms with Crippen LogP contribution in [0.5, 0.6) is 11.5 Å². The molecule has 1 atom stereocenters. The first-order chi connectivity index (χ1) is 15.9. The van der Waals surface area contributed by atoms with Gasteiger partial charge in [-0.25, -0.2) is 4.39 Å². The van der Waals surface area contributed by atoms with E-state index in [-0.39, 0.29) is 18.2 Å². The van der Waals surface area contributed by atoms with E-state index >= 15 is 0 Å². The van der Waals surface area contributed by atoms with E-state index in [2.05, 4.69) is 0 Å². The van der Waals surface area contributed by atoms with Crippen LogP contribution in [0.2, 0.25) is 0 Å². The summed E-state index contributed by atoms with van der Waals surface area (Å²) in [6.45, 7) is 2.32. The molecule has 1 saturated carbocycles. The minimum absolute atomic E-state index is 0.0119. The van der Waals surface area contributed by atoms with Crippen LogP contribution in [0.3, 0.4) is 0 Å². The number of halogens is 1. The fourth-order valence-corrected chi connectivity index (χ4v) is 4.28. The summed E-state index contributed by atoms with van der Waals surface area (Å²) in [4.78, 5) is 11.3. The molecule has 0 amide bonds. The van der Waals surface area contributed by atoms with Gasteiger partial charge in [-0.15, -0.1) is 0 Å². The molecule has 1 aliphatic rings. The monoisotopic (exact) mass is 448 g/mol. The molecule has 0 aliphatic heterocycles. The van der Waals surface area contributed by atoms with Gasteiger partial charge in [-0.1, -0.05) is 43.2 Å². The maximum atomic E-state index is 14.4. The number of rotatable bonds is 10. The van der Waals surface area contributed by atoms with Gasteiger partial charge in [0.2, 0.25) is 0 Å². The van der Waals surface area contributed by atoms with Gasteiger partial charge in [0, 0.05) is 5.56 Å². The van der Waals surface area contributed by atoms with Crippen LogP contribution < -0.4 is 9.47 Å². The molecule has 4 nitrogen and oxygen atoms in total. The van der Waals surface area contributed by atoms with Crippen LogP contribution in [0.1, 0.15) is 48.3 Å². The fourth-order valence-electron chi connectivity index (χ4n) is 4.28. The highest BCUT2D eigenvalue weighted by molar-refractivity contribution is 5.70. The normalized spacial score (nSPS) is 14.0. The average molecular weight is 449 g/mol. The first kappa shape index (κ1) is 22.8. The van der Waals surface area contributed by atoms with Gasteiger partial charge in [0.25, 0.3) is 0 Å². The summed E-state index contributed by atoms with van der Waals surface area (Å²) < 4.78 is 25.7. The van der Waals surface area contributed by atoms with Crippen molar-refractivity contribution in [1.29, 1.82) is 0 Å². The molecule has 3 aromatic carbocycles. The number of hydrogen-bond donors (Lipinski definition) is 1. The standard InChI is InChI=1S/C28H29FO4/c1-18-12-20(8-10-25(18)26-16-23(32-2)9-11-27(26)29)17-33-24-5-3-4-21(14-24)22(15-28(30)31)13-19-6-7-19/h3-5,8-12,14,16,19,22H,6-7,13,15,17H2,1-2H3,(H,30,31)/t22-/m1/s1. The topological polar surface area (TPSA) is 55.8 Å². The van der Waals surface area contributed by atoms with Crippen molar-refractivity contribution in [3.05, 3.63) is 83.2 Å². The van der Waals surface area contributed by atoms with Crippen LogP contribution in [0.4, 0.5) is 4.39 Å². The quantitative estimate of drug-likeness (QED) is 0.373. The number of hydrogen-bond acceptors (Lipinski definition) is 3. The summed E-state index contributed by atoms with van der Waals surface area (Å²) in [7, 11) is 1.56. The minimum atomic E-state index is -0.769. The molecule has 0 spiro atoms. The molecule has 5 heteroatoms. The van der Waals surface area contributed by atoms with Crippen LogP contribution in [-0.4, -0.2) is 18.2 Å². The van der Waals surface area contributed by atoms with Crippen molar-refractivity contribution < 1.29 is 23.8 Å². The number of aryl methyl sites for hydroxylation is 1. The maximum absolute atomic E-state index is 14.4. The Kier molecular flexibility index (Phi) is 6.97. The van der Waals surface area contributed by atoms with E-state index in [9.17, 15) is 14.3 Å². The second-order valence-electron chi connectivity index (χ2n) is 8.83. The third-order valence-corrected chi connectivity index (χ3v) is 6.23. The zero-order valence-corrected chi connectivity index (χ0v) is 19.0. The predicted molar refractivity (Wildman–Crippen MR) is 126 cm³/mol. The zero-order chi connectivity index (χ0) is 23.4. The Hall–Kier alpha value is -3.34. The van der Waals surface area contributed by atoms with Crippen molar-refractivity contribution in [3.63, 3.8) is 0 Å². The van der Waals surface area contributed by atoms with Gasteiger partial charge < -0.3 is 14.6 Å². The molecule has 1 aliphatic carbocycles. The molecule has 0 saturated heterocycles. The molecule has 1 fully saturated rings. The lowest BCUT2D eigenvalue weighted by Gasteiger charge is -2.17. The lowest BCUT2D eigenvalue weighted by molar-refractivity contribution is -0.137. The van der Waals surface area contributed by atoms with Crippen molar-refractivity contribution in [2.45, 2.75) is 45.1 Å². The molecule has 0 bridgehead atoms. The van der Waals surface area contributed by atoms with Crippen LogP contribution in [0.15, 0.2) is 60.7 Å². The third kappa shape index (κ3) is 5.92. The van der Waals surface area contributed by atoms with Crippen LogP contribution in [0.25, 0.3) is 11.1 Å². The van der Waals surface area contributed by atoms with Gasteiger partial charge >= 0.3 is 5.97 Å². The summed E-state index contributed by atoms with van der Waals surface area (Å²) in [5.41, 5.74) is 4.26. The minimum Gasteiger partial charge on any atom is -0.497 e. The van der Waals surface area contributed by atoms with Gasteiger partial charge in [0.1, 0.15) is 23.9 Å². The average Bonchev–Trinajstić information content (AvgIpc) is 3.62. The number of ether oxygens (including phenoxy) is 2. The largest absolute Gasteiger partial charge is 0.497 e. The molecule has 4 rings (SSSR count). The van der Waals surface area contributed by atoms with Gasteiger partial charge in [0.15, 0.2) is 0 Å². The van der Waals surface area contributed by atoms with E-state index in [1.165, 1.54) is 18.9 Å². The van der Waals surface area contributed by atoms with Crippen LogP contribution in [-0.2, 0) is 11.4 Å². The van der Waals surface area contributed by atoms with Gasteiger partial charge in [-0.3, -0.25) is 4.79 Å². The zero-order valence-electron chi connectivity index (χ0n) is 19.0. The highest BCUT2D eigenvalue weighted by atomic mass is 19.1. The molecule has 3 aromatic rings. The lowest BCUT2D eigenvalue weighted by Crippen LogP contribution is -2.07. The fraction of sp³-hybridized carbons (Fsp3) is 0.321. The Morgan fingerprint density at radius 1 is 1.06 bits per heavy atom. The number of benzene rings is 3. The predicted octanol–water partition coefficient (Wildman–Crippen LogP) is 6.75. The smallest absolute Gasteiger partial charge is 0.303 e. The first-order valence-electron chi connectivity index (χ1n) is 11.3. The summed E-state index contributed by atoms with van der Waals surface area (Å²) in [5.74, 6) is 0.935. The second kappa shape index (κ2) is 10.1. The molecule has 0 aromatic heterocycles. The summed E-state index contributed by atoms with van der Waals surface area (Å²) in [6, 6.07) is 18.3. The maximum Gasteiger partial charge on any atom is 0.303 e. The van der Waals surface area contributed by atoms with Crippen molar-refractivity contribution in [2.75, 3.05) is 7.11 Å². The molecular formula is C28H29FO4. The van der Waals surface area contributed by atoms with Crippen molar-refractivity contribution in [2.24, 2.45) is 5.92 Å². The van der Waals surface area contributed by atoms with Crippen LogP contribution in [0, 0.1) is 18.7 Å². The van der Waals surface area contributed by atoms with Gasteiger partial charge in [-0.05, 0) is 77.8 Å². The third-order valence-electron chi connectivity index (χ3n) is 6.23. The van der Waals surface area contributed by atoms with E-state index in [0.717, 1.165) is 34.4 Å². The van der Waals surface area contributed by atoms with E-state index < -0.39 is 5.97 Å².